The lowest BCUT2D eigenvalue weighted by molar-refractivity contribution is 0.835. The third-order valence-electron chi connectivity index (χ3n) is 4.08. The number of fused-ring (bicyclic) bond motifs is 1. The highest BCUT2D eigenvalue weighted by Crippen LogP contribution is 2.28. The van der Waals surface area contributed by atoms with Gasteiger partial charge in [-0.15, -0.1) is 0 Å². The van der Waals surface area contributed by atoms with Gasteiger partial charge in [0.05, 0.1) is 10.5 Å². The Morgan fingerprint density at radius 3 is 2.39 bits per heavy atom. The Morgan fingerprint density at radius 2 is 1.61 bits per heavy atom. The van der Waals surface area contributed by atoms with E-state index in [1.165, 1.54) is 5.69 Å². The van der Waals surface area contributed by atoms with Crippen LogP contribution in [0.3, 0.4) is 0 Å². The first-order valence-corrected chi connectivity index (χ1v) is 8.05. The summed E-state index contributed by atoms with van der Waals surface area (Å²) in [5.41, 5.74) is 3.23. The van der Waals surface area contributed by atoms with Crippen molar-refractivity contribution in [3.05, 3.63) is 65.8 Å². The van der Waals surface area contributed by atoms with E-state index < -0.39 is 0 Å². The molecule has 0 aliphatic rings. The highest BCUT2D eigenvalue weighted by molar-refractivity contribution is 6.35. The van der Waals surface area contributed by atoms with Gasteiger partial charge in [0.25, 0.3) is 0 Å². The molecule has 0 N–H and O–H groups in total. The molecule has 4 heteroatoms. The molecule has 1 aromatic heterocycles. The highest BCUT2D eigenvalue weighted by atomic mass is 35.5. The number of pyridine rings is 1. The van der Waals surface area contributed by atoms with E-state index in [2.05, 4.69) is 59.2 Å². The average molecular weight is 326 g/mol. The Kier molecular flexibility index (Phi) is 4.68. The maximum absolute atomic E-state index is 6.25. The van der Waals surface area contributed by atoms with Crippen LogP contribution >= 0.6 is 11.6 Å². The summed E-state index contributed by atoms with van der Waals surface area (Å²) in [5, 5.41) is 1.78. The third-order valence-corrected chi connectivity index (χ3v) is 4.38. The van der Waals surface area contributed by atoms with Crippen LogP contribution < -0.4 is 9.80 Å². The van der Waals surface area contributed by atoms with Crippen LogP contribution in [-0.4, -0.2) is 32.2 Å². The number of benzene rings is 2. The van der Waals surface area contributed by atoms with Gasteiger partial charge < -0.3 is 9.80 Å². The Balaban J connectivity index is 1.76. The maximum Gasteiger partial charge on any atom is 0.0908 e. The number of anilines is 2. The Hall–Kier alpha value is -2.26. The van der Waals surface area contributed by atoms with Crippen LogP contribution in [0.15, 0.2) is 60.8 Å². The molecule has 0 bridgehead atoms. The number of halogens is 1. The molecule has 3 aromatic rings. The summed E-state index contributed by atoms with van der Waals surface area (Å²) in [6, 6.07) is 18.4. The molecule has 1 heterocycles. The molecule has 2 aromatic carbocycles. The minimum Gasteiger partial charge on any atom is -0.373 e. The maximum atomic E-state index is 6.25. The molecule has 0 saturated carbocycles. The largest absolute Gasteiger partial charge is 0.373 e. The molecular formula is C19H20ClN3. The van der Waals surface area contributed by atoms with Crippen molar-refractivity contribution in [3.8, 4) is 0 Å². The lowest BCUT2D eigenvalue weighted by Crippen LogP contribution is -2.30. The summed E-state index contributed by atoms with van der Waals surface area (Å²) in [4.78, 5) is 8.90. The van der Waals surface area contributed by atoms with E-state index in [9.17, 15) is 0 Å². The van der Waals surface area contributed by atoms with Crippen LogP contribution in [0, 0.1) is 0 Å². The van der Waals surface area contributed by atoms with Crippen LogP contribution in [0.2, 0.25) is 5.02 Å². The van der Waals surface area contributed by atoms with Gasteiger partial charge in [-0.3, -0.25) is 4.98 Å². The molecule has 3 rings (SSSR count). The number of para-hydroxylation sites is 2. The fourth-order valence-corrected chi connectivity index (χ4v) is 2.91. The molecule has 0 unspecified atom stereocenters. The predicted molar refractivity (Wildman–Crippen MR) is 99.7 cm³/mol. The summed E-state index contributed by atoms with van der Waals surface area (Å²) in [7, 11) is 4.22. The lowest BCUT2D eigenvalue weighted by atomic mass is 10.1. The summed E-state index contributed by atoms with van der Waals surface area (Å²) in [5.74, 6) is 0. The monoisotopic (exact) mass is 325 g/mol. The second-order valence-electron chi connectivity index (χ2n) is 5.64. The van der Waals surface area contributed by atoms with Crippen molar-refractivity contribution in [1.29, 1.82) is 0 Å². The van der Waals surface area contributed by atoms with Crippen molar-refractivity contribution in [2.24, 2.45) is 0 Å². The van der Waals surface area contributed by atoms with E-state index in [0.717, 1.165) is 29.7 Å². The van der Waals surface area contributed by atoms with Crippen molar-refractivity contribution >= 4 is 33.9 Å². The predicted octanol–water partition coefficient (Wildman–Crippen LogP) is 4.46. The zero-order valence-corrected chi connectivity index (χ0v) is 14.2. The van der Waals surface area contributed by atoms with E-state index in [0.29, 0.717) is 5.02 Å². The van der Waals surface area contributed by atoms with Gasteiger partial charge in [0.2, 0.25) is 0 Å². The number of rotatable bonds is 5. The van der Waals surface area contributed by atoms with Gasteiger partial charge in [0.15, 0.2) is 0 Å². The third kappa shape index (κ3) is 3.40. The zero-order valence-electron chi connectivity index (χ0n) is 13.4. The summed E-state index contributed by atoms with van der Waals surface area (Å²) >= 11 is 6.25. The van der Waals surface area contributed by atoms with Crippen molar-refractivity contribution in [3.63, 3.8) is 0 Å². The fraction of sp³-hybridized carbons (Fsp3) is 0.211. The average Bonchev–Trinajstić information content (AvgIpc) is 2.60. The number of nitrogens with zero attached hydrogens (tertiary/aromatic N) is 3. The van der Waals surface area contributed by atoms with Crippen LogP contribution in [-0.2, 0) is 0 Å². The first kappa shape index (κ1) is 15.6. The van der Waals surface area contributed by atoms with E-state index in [1.807, 2.05) is 30.5 Å². The summed E-state index contributed by atoms with van der Waals surface area (Å²) in [6.45, 7) is 1.85. The van der Waals surface area contributed by atoms with E-state index in [4.69, 9.17) is 11.6 Å². The molecular weight excluding hydrogens is 306 g/mol. The SMILES string of the molecule is CN(CCN(C)c1ccnc2c(Cl)cccc12)c1ccccc1. The van der Waals surface area contributed by atoms with Crippen LogP contribution in [0.4, 0.5) is 11.4 Å². The quantitative estimate of drug-likeness (QED) is 0.690. The first-order chi connectivity index (χ1) is 11.2. The normalized spacial score (nSPS) is 10.7. The van der Waals surface area contributed by atoms with Crippen molar-refractivity contribution in [2.45, 2.75) is 0 Å². The minimum absolute atomic E-state index is 0.694. The van der Waals surface area contributed by atoms with Crippen molar-refractivity contribution < 1.29 is 0 Å². The van der Waals surface area contributed by atoms with Gasteiger partial charge in [-0.2, -0.15) is 0 Å². The second kappa shape index (κ2) is 6.88. The second-order valence-corrected chi connectivity index (χ2v) is 6.05. The van der Waals surface area contributed by atoms with Crippen LogP contribution in [0.5, 0.6) is 0 Å². The van der Waals surface area contributed by atoms with E-state index in [-0.39, 0.29) is 0 Å². The Bertz CT molecular complexity index is 789. The lowest BCUT2D eigenvalue weighted by Gasteiger charge is -2.26. The molecule has 0 aliphatic carbocycles. The number of aromatic nitrogens is 1. The number of likely N-dealkylation sites (N-methyl/N-ethyl adjacent to an activating group) is 2. The molecule has 3 nitrogen and oxygen atoms in total. The number of hydrogen-bond donors (Lipinski definition) is 0. The zero-order chi connectivity index (χ0) is 16.2. The van der Waals surface area contributed by atoms with Crippen LogP contribution in [0.25, 0.3) is 10.9 Å². The topological polar surface area (TPSA) is 19.4 Å². The molecule has 0 radical (unpaired) electrons. The molecule has 118 valence electrons. The van der Waals surface area contributed by atoms with Gasteiger partial charge >= 0.3 is 0 Å². The molecule has 0 fully saturated rings. The number of hydrogen-bond acceptors (Lipinski definition) is 3. The molecule has 0 saturated heterocycles. The van der Waals surface area contributed by atoms with Gasteiger partial charge in [0, 0.05) is 50.1 Å². The highest BCUT2D eigenvalue weighted by Gasteiger charge is 2.09. The van der Waals surface area contributed by atoms with E-state index in [1.54, 1.807) is 0 Å². The first-order valence-electron chi connectivity index (χ1n) is 7.67. The molecule has 0 amide bonds. The fourth-order valence-electron chi connectivity index (χ4n) is 2.69. The minimum atomic E-state index is 0.694. The Morgan fingerprint density at radius 1 is 0.870 bits per heavy atom. The van der Waals surface area contributed by atoms with Crippen LogP contribution in [0.1, 0.15) is 0 Å². The smallest absolute Gasteiger partial charge is 0.0908 e. The molecule has 0 aliphatic heterocycles. The van der Waals surface area contributed by atoms with Gasteiger partial charge in [-0.05, 0) is 24.3 Å². The summed E-state index contributed by atoms with van der Waals surface area (Å²) in [6.07, 6.45) is 1.82. The van der Waals surface area contributed by atoms with E-state index >= 15 is 0 Å². The van der Waals surface area contributed by atoms with Gasteiger partial charge in [0.1, 0.15) is 0 Å². The standard InChI is InChI=1S/C19H20ClN3/c1-22(15-7-4-3-5-8-15)13-14-23(2)18-11-12-21-19-16(18)9-6-10-17(19)20/h3-12H,13-14H2,1-2H3. The molecule has 0 atom stereocenters. The summed E-state index contributed by atoms with van der Waals surface area (Å²) < 4.78 is 0. The molecule has 23 heavy (non-hydrogen) atoms. The van der Waals surface area contributed by atoms with Crippen molar-refractivity contribution in [2.75, 3.05) is 37.0 Å². The van der Waals surface area contributed by atoms with Gasteiger partial charge in [-0.25, -0.2) is 0 Å². The Labute approximate surface area is 142 Å². The molecule has 0 spiro atoms. The van der Waals surface area contributed by atoms with Gasteiger partial charge in [-0.1, -0.05) is 41.9 Å². The van der Waals surface area contributed by atoms with Crippen molar-refractivity contribution in [1.82, 2.24) is 4.98 Å².